The first-order chi connectivity index (χ1) is 12.2. The molecule has 0 aliphatic heterocycles. The predicted octanol–water partition coefficient (Wildman–Crippen LogP) is 3.24. The number of hydrogen-bond donors (Lipinski definition) is 1. The molecule has 0 bridgehead atoms. The van der Waals surface area contributed by atoms with Gasteiger partial charge in [-0.25, -0.2) is 0 Å². The number of aromatic nitrogens is 2. The zero-order valence-corrected chi connectivity index (χ0v) is 13.8. The molecule has 0 fully saturated rings. The number of benzene rings is 2. The summed E-state index contributed by atoms with van der Waals surface area (Å²) in [7, 11) is 3.15. The number of hydrogen-bond acceptors (Lipinski definition) is 7. The Balaban J connectivity index is 1.73. The SMILES string of the molecule is COc1ccc(-c2nnc(CNc3cccc(C#N)c3)o2)cc1OC. The number of rotatable bonds is 6. The Kier molecular flexibility index (Phi) is 4.81. The molecule has 0 spiro atoms. The van der Waals surface area contributed by atoms with Gasteiger partial charge in [-0.1, -0.05) is 6.07 Å². The largest absolute Gasteiger partial charge is 0.493 e. The van der Waals surface area contributed by atoms with Crippen LogP contribution in [-0.2, 0) is 6.54 Å². The van der Waals surface area contributed by atoms with Crippen molar-refractivity contribution in [3.63, 3.8) is 0 Å². The minimum absolute atomic E-state index is 0.356. The minimum atomic E-state index is 0.356. The molecule has 126 valence electrons. The van der Waals surface area contributed by atoms with Crippen LogP contribution in [0.4, 0.5) is 5.69 Å². The van der Waals surface area contributed by atoms with Crippen molar-refractivity contribution >= 4 is 5.69 Å². The molecule has 0 saturated heterocycles. The van der Waals surface area contributed by atoms with Crippen molar-refractivity contribution in [2.45, 2.75) is 6.54 Å². The lowest BCUT2D eigenvalue weighted by Gasteiger charge is -2.07. The summed E-state index contributed by atoms with van der Waals surface area (Å²) in [6.07, 6.45) is 0. The van der Waals surface area contributed by atoms with Crippen LogP contribution in [0.15, 0.2) is 46.9 Å². The zero-order valence-electron chi connectivity index (χ0n) is 13.8. The van der Waals surface area contributed by atoms with Crippen LogP contribution < -0.4 is 14.8 Å². The molecule has 3 rings (SSSR count). The first kappa shape index (κ1) is 16.3. The first-order valence-electron chi connectivity index (χ1n) is 7.52. The summed E-state index contributed by atoms with van der Waals surface area (Å²) in [6.45, 7) is 0.356. The molecule has 2 aromatic carbocycles. The van der Waals surface area contributed by atoms with Crippen LogP contribution in [0.1, 0.15) is 11.5 Å². The van der Waals surface area contributed by atoms with Gasteiger partial charge in [-0.15, -0.1) is 10.2 Å². The number of nitriles is 1. The summed E-state index contributed by atoms with van der Waals surface area (Å²) in [5.41, 5.74) is 2.13. The fourth-order valence-electron chi connectivity index (χ4n) is 2.29. The smallest absolute Gasteiger partial charge is 0.247 e. The van der Waals surface area contributed by atoms with E-state index in [4.69, 9.17) is 19.2 Å². The van der Waals surface area contributed by atoms with Crippen molar-refractivity contribution in [1.82, 2.24) is 10.2 Å². The van der Waals surface area contributed by atoms with Crippen LogP contribution in [0.3, 0.4) is 0 Å². The molecule has 0 aliphatic carbocycles. The Labute approximate surface area is 144 Å². The van der Waals surface area contributed by atoms with Crippen LogP contribution >= 0.6 is 0 Å². The summed E-state index contributed by atoms with van der Waals surface area (Å²) in [5.74, 6) is 2.05. The van der Waals surface area contributed by atoms with Crippen molar-refractivity contribution in [2.75, 3.05) is 19.5 Å². The number of ether oxygens (including phenoxy) is 2. The summed E-state index contributed by atoms with van der Waals surface area (Å²) < 4.78 is 16.2. The molecule has 0 saturated carbocycles. The standard InChI is InChI=1S/C18H16N4O3/c1-23-15-7-6-13(9-16(15)24-2)18-22-21-17(25-18)11-20-14-5-3-4-12(8-14)10-19/h3-9,20H,11H2,1-2H3. The average Bonchev–Trinajstić information content (AvgIpc) is 3.15. The molecule has 7 heteroatoms. The van der Waals surface area contributed by atoms with Gasteiger partial charge in [0.25, 0.3) is 0 Å². The molecular weight excluding hydrogens is 320 g/mol. The van der Waals surface area contributed by atoms with Crippen molar-refractivity contribution in [3.05, 3.63) is 53.9 Å². The topological polar surface area (TPSA) is 93.2 Å². The van der Waals surface area contributed by atoms with Crippen LogP contribution in [0, 0.1) is 11.3 Å². The number of nitrogens with one attached hydrogen (secondary N) is 1. The van der Waals surface area contributed by atoms with Gasteiger partial charge >= 0.3 is 0 Å². The van der Waals surface area contributed by atoms with E-state index in [0.717, 1.165) is 11.3 Å². The molecule has 3 aromatic rings. The molecule has 0 unspecified atom stereocenters. The summed E-state index contributed by atoms with van der Waals surface area (Å²) >= 11 is 0. The zero-order chi connectivity index (χ0) is 17.6. The van der Waals surface area contributed by atoms with Crippen LogP contribution in [-0.4, -0.2) is 24.4 Å². The molecule has 1 aromatic heterocycles. The van der Waals surface area contributed by atoms with Crippen LogP contribution in [0.5, 0.6) is 11.5 Å². The third-order valence-corrected chi connectivity index (χ3v) is 3.53. The fourth-order valence-corrected chi connectivity index (χ4v) is 2.29. The number of nitrogens with zero attached hydrogens (tertiary/aromatic N) is 3. The van der Waals surface area contributed by atoms with Gasteiger partial charge in [0.1, 0.15) is 0 Å². The lowest BCUT2D eigenvalue weighted by molar-refractivity contribution is 0.355. The van der Waals surface area contributed by atoms with Gasteiger partial charge in [0.15, 0.2) is 11.5 Å². The van der Waals surface area contributed by atoms with E-state index in [-0.39, 0.29) is 0 Å². The maximum Gasteiger partial charge on any atom is 0.247 e. The number of anilines is 1. The highest BCUT2D eigenvalue weighted by Crippen LogP contribution is 2.31. The van der Waals surface area contributed by atoms with E-state index in [2.05, 4.69) is 21.6 Å². The second kappa shape index (κ2) is 7.36. The molecule has 0 amide bonds. The fraction of sp³-hybridized carbons (Fsp3) is 0.167. The minimum Gasteiger partial charge on any atom is -0.493 e. The van der Waals surface area contributed by atoms with Crippen LogP contribution in [0.2, 0.25) is 0 Å². The van der Waals surface area contributed by atoms with E-state index in [1.54, 1.807) is 38.5 Å². The Morgan fingerprint density at radius 2 is 1.92 bits per heavy atom. The third-order valence-electron chi connectivity index (χ3n) is 3.53. The van der Waals surface area contributed by atoms with E-state index in [1.165, 1.54) is 0 Å². The van der Waals surface area contributed by atoms with E-state index in [1.807, 2.05) is 18.2 Å². The van der Waals surface area contributed by atoms with Crippen molar-refractivity contribution in [3.8, 4) is 29.0 Å². The Bertz CT molecular complexity index is 915. The Morgan fingerprint density at radius 1 is 1.08 bits per heavy atom. The van der Waals surface area contributed by atoms with Gasteiger partial charge in [-0.05, 0) is 36.4 Å². The van der Waals surface area contributed by atoms with Gasteiger partial charge in [0.05, 0.1) is 32.4 Å². The molecule has 0 atom stereocenters. The second-order valence-electron chi connectivity index (χ2n) is 5.12. The molecule has 0 aliphatic rings. The van der Waals surface area contributed by atoms with E-state index >= 15 is 0 Å². The third kappa shape index (κ3) is 3.70. The monoisotopic (exact) mass is 336 g/mol. The van der Waals surface area contributed by atoms with Gasteiger partial charge in [-0.3, -0.25) is 0 Å². The highest BCUT2D eigenvalue weighted by atomic mass is 16.5. The lowest BCUT2D eigenvalue weighted by Crippen LogP contribution is -1.99. The number of methoxy groups -OCH3 is 2. The quantitative estimate of drug-likeness (QED) is 0.738. The summed E-state index contributed by atoms with van der Waals surface area (Å²) in [6, 6.07) is 14.7. The average molecular weight is 336 g/mol. The normalized spacial score (nSPS) is 10.1. The van der Waals surface area contributed by atoms with E-state index < -0.39 is 0 Å². The maximum absolute atomic E-state index is 8.92. The summed E-state index contributed by atoms with van der Waals surface area (Å²) in [4.78, 5) is 0. The van der Waals surface area contributed by atoms with Gasteiger partial charge in [0.2, 0.25) is 11.8 Å². The highest BCUT2D eigenvalue weighted by Gasteiger charge is 2.12. The van der Waals surface area contributed by atoms with Gasteiger partial charge < -0.3 is 19.2 Å². The van der Waals surface area contributed by atoms with E-state index in [0.29, 0.717) is 35.4 Å². The first-order valence-corrected chi connectivity index (χ1v) is 7.52. The lowest BCUT2D eigenvalue weighted by atomic mass is 10.2. The Morgan fingerprint density at radius 3 is 2.68 bits per heavy atom. The van der Waals surface area contributed by atoms with Crippen LogP contribution in [0.25, 0.3) is 11.5 Å². The van der Waals surface area contributed by atoms with Crippen molar-refractivity contribution < 1.29 is 13.9 Å². The predicted molar refractivity (Wildman–Crippen MR) is 91.3 cm³/mol. The summed E-state index contributed by atoms with van der Waals surface area (Å²) in [5, 5.41) is 20.2. The van der Waals surface area contributed by atoms with Crippen molar-refractivity contribution in [1.29, 1.82) is 5.26 Å². The molecular formula is C18H16N4O3. The molecule has 7 nitrogen and oxygen atoms in total. The molecule has 1 heterocycles. The Hall–Kier alpha value is -3.53. The van der Waals surface area contributed by atoms with Gasteiger partial charge in [-0.2, -0.15) is 5.26 Å². The molecule has 0 radical (unpaired) electrons. The molecule has 25 heavy (non-hydrogen) atoms. The van der Waals surface area contributed by atoms with E-state index in [9.17, 15) is 0 Å². The van der Waals surface area contributed by atoms with Crippen molar-refractivity contribution in [2.24, 2.45) is 0 Å². The highest BCUT2D eigenvalue weighted by molar-refractivity contribution is 5.59. The second-order valence-corrected chi connectivity index (χ2v) is 5.12. The van der Waals surface area contributed by atoms with Gasteiger partial charge in [0, 0.05) is 11.3 Å². The molecule has 1 N–H and O–H groups in total. The maximum atomic E-state index is 8.92.